The molecule has 0 spiro atoms. The van der Waals surface area contributed by atoms with E-state index in [9.17, 15) is 19.8 Å². The summed E-state index contributed by atoms with van der Waals surface area (Å²) in [6.07, 6.45) is 12.5. The highest BCUT2D eigenvalue weighted by molar-refractivity contribution is 6.05. The molecular weight excluding hydrogens is 1120 g/mol. The van der Waals surface area contributed by atoms with Crippen LogP contribution in [0.25, 0.3) is 49.9 Å². The first-order chi connectivity index (χ1) is 43.4. The summed E-state index contributed by atoms with van der Waals surface area (Å²) in [6, 6.07) is 60.5. The predicted octanol–water partition coefficient (Wildman–Crippen LogP) is 16.0. The summed E-state index contributed by atoms with van der Waals surface area (Å²) in [4.78, 5) is 23.7. The van der Waals surface area contributed by atoms with Crippen molar-refractivity contribution in [1.82, 2.24) is 0 Å². The average Bonchev–Trinajstić information content (AvgIpc) is 0.790. The second kappa shape index (κ2) is 26.1. The highest BCUT2D eigenvalue weighted by Gasteiger charge is 2.41. The van der Waals surface area contributed by atoms with Gasteiger partial charge in [-0.2, -0.15) is 0 Å². The Kier molecular flexibility index (Phi) is 17.6. The second-order valence-electron chi connectivity index (χ2n) is 21.4. The summed E-state index contributed by atoms with van der Waals surface area (Å²) in [5.41, 5.74) is 12.1. The maximum Gasteiger partial charge on any atom is 0.411 e. The monoisotopic (exact) mass is 1180 g/mol. The third-order valence-electron chi connectivity index (χ3n) is 16.5. The smallest absolute Gasteiger partial charge is 0.411 e. The number of anilines is 2. The molecule has 13 heteroatoms. The number of terminal acetylenes is 1. The number of hydrogen-bond donors (Lipinski definition) is 4. The van der Waals surface area contributed by atoms with Gasteiger partial charge in [-0.3, -0.25) is 10.6 Å². The molecule has 448 valence electrons. The quantitative estimate of drug-likeness (QED) is 0.0861. The number of phenols is 1. The van der Waals surface area contributed by atoms with Gasteiger partial charge in [0.1, 0.15) is 11.5 Å². The van der Waals surface area contributed by atoms with Crippen molar-refractivity contribution in [3.05, 3.63) is 244 Å². The molecule has 0 aromatic heterocycles. The highest BCUT2D eigenvalue weighted by atomic mass is 16.6. The number of ether oxygens (including phenoxy) is 7. The van der Waals surface area contributed by atoms with E-state index in [0.29, 0.717) is 64.5 Å². The Labute approximate surface area is 518 Å². The maximum atomic E-state index is 12.3. The van der Waals surface area contributed by atoms with Crippen LogP contribution in [0.1, 0.15) is 63.9 Å². The van der Waals surface area contributed by atoms with E-state index in [2.05, 4.69) is 95.4 Å². The van der Waals surface area contributed by atoms with Gasteiger partial charge in [-0.15, -0.1) is 6.42 Å². The Balaban J connectivity index is 0.000000152. The molecule has 0 bridgehead atoms. The summed E-state index contributed by atoms with van der Waals surface area (Å²) in [5.74, 6) is 6.34. The van der Waals surface area contributed by atoms with Crippen molar-refractivity contribution in [3.8, 4) is 69.1 Å². The topological polar surface area (TPSA) is 163 Å². The molecule has 2 aliphatic carbocycles. The van der Waals surface area contributed by atoms with Crippen LogP contribution in [0.15, 0.2) is 194 Å². The van der Waals surface area contributed by atoms with Gasteiger partial charge in [0, 0.05) is 50.3 Å². The van der Waals surface area contributed by atoms with Gasteiger partial charge in [0.05, 0.1) is 41.7 Å². The molecule has 2 unspecified atom stereocenters. The van der Waals surface area contributed by atoms with Crippen molar-refractivity contribution in [2.75, 3.05) is 52.3 Å². The number of aryl methyl sites for hydroxylation is 4. The number of rotatable bonds is 12. The molecule has 2 atom stereocenters. The Morgan fingerprint density at radius 2 is 1.06 bits per heavy atom. The average molecular weight is 1190 g/mol. The lowest BCUT2D eigenvalue weighted by molar-refractivity contribution is 0.145. The van der Waals surface area contributed by atoms with Crippen molar-refractivity contribution < 1.29 is 53.0 Å². The Bertz CT molecular complexity index is 4350. The minimum atomic E-state index is -1.51. The van der Waals surface area contributed by atoms with Gasteiger partial charge in [0.15, 0.2) is 34.2 Å². The number of aromatic hydroxyl groups is 1. The number of methoxy groups -OCH3 is 4. The Morgan fingerprint density at radius 3 is 1.65 bits per heavy atom. The lowest BCUT2D eigenvalue weighted by Crippen LogP contribution is -2.35. The molecule has 1 heterocycles. The fourth-order valence-electron chi connectivity index (χ4n) is 12.3. The van der Waals surface area contributed by atoms with E-state index in [0.717, 1.165) is 86.4 Å². The fourth-order valence-corrected chi connectivity index (χ4v) is 12.3. The van der Waals surface area contributed by atoms with Crippen LogP contribution in [-0.2, 0) is 46.4 Å². The standard InChI is InChI=1S/C38H33NO5.C20H18O3.C18H17NO3/c1-4-43-37(40)39-27-15-10-14-26(21-27)38(25-12-6-5-7-13-25)20-19-30-32-23-34(42-3)33(41-2)22-31(32)29-18-17-24-11-8-9-16-28(24)35(29)36(30)44-38;1-22-18-10-13-9-17(21)20-14-6-4-3-5-12(14)7-8-15(20)16(13)11-19(18)23-2;1-3-18(21,14-8-6-5-7-9-14)15-10-12-16(13-11-15)19-17(20)22-4-2/h5-16,19-23H,4,17-18H2,1-3H3,(H,39,40);3-6,9-11,21H,7-8H2,1-2H3;1,5-13,21H,4H2,2H3,(H,19,20). The molecule has 0 fully saturated rings. The van der Waals surface area contributed by atoms with Crippen LogP contribution in [-0.4, -0.2) is 64.1 Å². The molecule has 0 saturated heterocycles. The first kappa shape index (κ1) is 60.0. The number of phenolic OH excluding ortho intramolecular Hbond substituents is 1. The van der Waals surface area contributed by atoms with Gasteiger partial charge in [-0.05, 0) is 161 Å². The maximum absolute atomic E-state index is 12.3. The molecule has 4 N–H and O–H groups in total. The number of hydrogen-bond acceptors (Lipinski definition) is 11. The van der Waals surface area contributed by atoms with Crippen LogP contribution in [0.5, 0.6) is 34.5 Å². The molecule has 89 heavy (non-hydrogen) atoms. The summed E-state index contributed by atoms with van der Waals surface area (Å²) < 4.78 is 39.6. The van der Waals surface area contributed by atoms with Gasteiger partial charge in [-0.1, -0.05) is 139 Å². The zero-order valence-electron chi connectivity index (χ0n) is 50.4. The molecule has 10 aromatic rings. The lowest BCUT2D eigenvalue weighted by Gasteiger charge is -2.39. The van der Waals surface area contributed by atoms with E-state index < -0.39 is 23.4 Å². The van der Waals surface area contributed by atoms with Gasteiger partial charge in [0.25, 0.3) is 0 Å². The molecule has 13 rings (SSSR count). The number of aliphatic hydroxyl groups is 1. The SMILES string of the molecule is C#CC(O)(c1ccccc1)c1ccc(NC(=O)OCC)cc1.CCOC(=O)Nc1cccc(C2(c3ccccc3)C=Cc3c(c4c(c5cc(OC)c(OC)cc35)CCc3ccccc3-4)O2)c1.COc1cc2cc(O)c3c(c2cc1OC)CCc1ccccc1-3. The number of fused-ring (bicyclic) bond motifs is 13. The van der Waals surface area contributed by atoms with Crippen molar-refractivity contribution >= 4 is 51.2 Å². The van der Waals surface area contributed by atoms with Crippen LogP contribution < -0.4 is 34.3 Å². The van der Waals surface area contributed by atoms with Gasteiger partial charge < -0.3 is 43.4 Å². The molecule has 3 aliphatic rings. The van der Waals surface area contributed by atoms with Crippen LogP contribution >= 0.6 is 0 Å². The minimum absolute atomic E-state index is 0.291. The largest absolute Gasteiger partial charge is 0.507 e. The van der Waals surface area contributed by atoms with Crippen molar-refractivity contribution in [1.29, 1.82) is 0 Å². The first-order valence-electron chi connectivity index (χ1n) is 29.5. The van der Waals surface area contributed by atoms with Crippen molar-refractivity contribution in [2.45, 2.75) is 50.7 Å². The predicted molar refractivity (Wildman–Crippen MR) is 351 cm³/mol. The lowest BCUT2D eigenvalue weighted by atomic mass is 9.78. The van der Waals surface area contributed by atoms with Crippen molar-refractivity contribution in [2.24, 2.45) is 0 Å². The Morgan fingerprint density at radius 1 is 0.551 bits per heavy atom. The van der Waals surface area contributed by atoms with E-state index in [-0.39, 0.29) is 0 Å². The number of nitrogens with one attached hydrogen (secondary N) is 2. The number of carbonyl (C=O) groups excluding carboxylic acids is 2. The third-order valence-corrected chi connectivity index (χ3v) is 16.5. The number of carbonyl (C=O) groups is 2. The van der Waals surface area contributed by atoms with Crippen LogP contribution in [0, 0.1) is 12.3 Å². The zero-order valence-corrected chi connectivity index (χ0v) is 50.4. The molecule has 2 amide bonds. The summed E-state index contributed by atoms with van der Waals surface area (Å²) in [6.45, 7) is 4.11. The molecule has 0 radical (unpaired) electrons. The van der Waals surface area contributed by atoms with E-state index in [1.54, 1.807) is 78.7 Å². The van der Waals surface area contributed by atoms with Crippen LogP contribution in [0.2, 0.25) is 0 Å². The number of benzene rings is 10. The van der Waals surface area contributed by atoms with E-state index >= 15 is 0 Å². The van der Waals surface area contributed by atoms with Gasteiger partial charge in [0.2, 0.25) is 0 Å². The van der Waals surface area contributed by atoms with Crippen LogP contribution in [0.4, 0.5) is 21.0 Å². The molecule has 0 saturated carbocycles. The van der Waals surface area contributed by atoms with Gasteiger partial charge >= 0.3 is 12.2 Å². The molecular formula is C76H68N2O11. The summed E-state index contributed by atoms with van der Waals surface area (Å²) in [5, 5.41) is 31.1. The third kappa shape index (κ3) is 11.7. The van der Waals surface area contributed by atoms with Gasteiger partial charge in [-0.25, -0.2) is 9.59 Å². The van der Waals surface area contributed by atoms with E-state index in [4.69, 9.17) is 39.6 Å². The zero-order chi connectivity index (χ0) is 62.2. The molecule has 13 nitrogen and oxygen atoms in total. The molecule has 10 aromatic carbocycles. The normalized spacial score (nSPS) is 14.4. The summed E-state index contributed by atoms with van der Waals surface area (Å²) >= 11 is 0. The van der Waals surface area contributed by atoms with E-state index in [1.165, 1.54) is 27.8 Å². The summed E-state index contributed by atoms with van der Waals surface area (Å²) in [7, 11) is 6.60. The van der Waals surface area contributed by atoms with Crippen molar-refractivity contribution in [3.63, 3.8) is 0 Å². The minimum Gasteiger partial charge on any atom is -0.507 e. The highest BCUT2D eigenvalue weighted by Crippen LogP contribution is 2.54. The van der Waals surface area contributed by atoms with E-state index in [1.807, 2.05) is 84.9 Å². The van der Waals surface area contributed by atoms with Crippen LogP contribution in [0.3, 0.4) is 0 Å². The number of amides is 2. The fraction of sp³-hybridized carbons (Fsp3) is 0.184. The first-order valence-corrected chi connectivity index (χ1v) is 29.5. The molecule has 1 aliphatic heterocycles. The second-order valence-corrected chi connectivity index (χ2v) is 21.4. The Hall–Kier alpha value is -10.7.